The lowest BCUT2D eigenvalue weighted by molar-refractivity contribution is 0.325. The summed E-state index contributed by atoms with van der Waals surface area (Å²) in [6, 6.07) is 6.52. The molecule has 2 aliphatic heterocycles. The quantitative estimate of drug-likeness (QED) is 0.842. The molecular weight excluding hydrogens is 318 g/mol. The summed E-state index contributed by atoms with van der Waals surface area (Å²) in [7, 11) is 0. The molecule has 3 heterocycles. The van der Waals surface area contributed by atoms with E-state index in [1.54, 1.807) is 0 Å². The van der Waals surface area contributed by atoms with Crippen LogP contribution in [0.15, 0.2) is 22.7 Å². The first-order valence-electron chi connectivity index (χ1n) is 7.06. The molecule has 1 fully saturated rings. The Morgan fingerprint density at radius 3 is 3.15 bits per heavy atom. The van der Waals surface area contributed by atoms with E-state index in [9.17, 15) is 0 Å². The number of fused-ring (bicyclic) bond motifs is 3. The zero-order valence-corrected chi connectivity index (χ0v) is 12.7. The van der Waals surface area contributed by atoms with Crippen molar-refractivity contribution in [2.75, 3.05) is 13.2 Å². The van der Waals surface area contributed by atoms with Crippen molar-refractivity contribution >= 4 is 15.9 Å². The Labute approximate surface area is 126 Å². The fraction of sp³-hybridized carbons (Fsp3) is 0.400. The highest BCUT2D eigenvalue weighted by atomic mass is 79.9. The van der Waals surface area contributed by atoms with E-state index in [0.29, 0.717) is 12.6 Å². The van der Waals surface area contributed by atoms with Gasteiger partial charge in [-0.15, -0.1) is 0 Å². The van der Waals surface area contributed by atoms with Crippen LogP contribution in [0.5, 0.6) is 5.75 Å². The van der Waals surface area contributed by atoms with Gasteiger partial charge in [0.05, 0.1) is 18.3 Å². The van der Waals surface area contributed by atoms with Crippen LogP contribution < -0.4 is 10.1 Å². The Hall–Kier alpha value is -1.33. The van der Waals surface area contributed by atoms with Gasteiger partial charge in [-0.05, 0) is 37.6 Å². The number of hydrogen-bond donors (Lipinski definition) is 2. The number of nitrogens with zero attached hydrogens (tertiary/aromatic N) is 1. The maximum absolute atomic E-state index is 5.83. The third-order valence-corrected chi connectivity index (χ3v) is 4.49. The van der Waals surface area contributed by atoms with E-state index in [1.165, 1.54) is 12.1 Å². The Kier molecular flexibility index (Phi) is 3.04. The molecule has 1 aromatic heterocycles. The minimum Gasteiger partial charge on any atom is -0.492 e. The minimum atomic E-state index is 0.377. The van der Waals surface area contributed by atoms with Gasteiger partial charge in [-0.2, -0.15) is 0 Å². The molecule has 104 valence electrons. The van der Waals surface area contributed by atoms with Crippen molar-refractivity contribution in [1.82, 2.24) is 15.3 Å². The topological polar surface area (TPSA) is 49.9 Å². The molecule has 0 unspecified atom stereocenters. The summed E-state index contributed by atoms with van der Waals surface area (Å²) in [5, 5.41) is 3.50. The molecule has 20 heavy (non-hydrogen) atoms. The van der Waals surface area contributed by atoms with Gasteiger partial charge < -0.3 is 15.0 Å². The average molecular weight is 334 g/mol. The van der Waals surface area contributed by atoms with Crippen LogP contribution in [0.1, 0.15) is 30.4 Å². The lowest BCUT2D eigenvalue weighted by Gasteiger charge is -2.08. The van der Waals surface area contributed by atoms with Gasteiger partial charge >= 0.3 is 0 Å². The van der Waals surface area contributed by atoms with Gasteiger partial charge in [0.2, 0.25) is 0 Å². The van der Waals surface area contributed by atoms with Crippen LogP contribution in [-0.2, 0) is 6.42 Å². The maximum Gasteiger partial charge on any atom is 0.129 e. The minimum absolute atomic E-state index is 0.377. The predicted octanol–water partition coefficient (Wildman–Crippen LogP) is 3.20. The van der Waals surface area contributed by atoms with Gasteiger partial charge in [-0.3, -0.25) is 0 Å². The van der Waals surface area contributed by atoms with E-state index in [0.717, 1.165) is 46.7 Å². The van der Waals surface area contributed by atoms with Crippen LogP contribution in [0.2, 0.25) is 0 Å². The van der Waals surface area contributed by atoms with Crippen molar-refractivity contribution < 1.29 is 4.74 Å². The first kappa shape index (κ1) is 12.4. The molecule has 0 saturated carbocycles. The Balaban J connectivity index is 1.80. The van der Waals surface area contributed by atoms with Gasteiger partial charge in [0, 0.05) is 22.2 Å². The summed E-state index contributed by atoms with van der Waals surface area (Å²) in [6.07, 6.45) is 3.26. The molecular formula is C15H16BrN3O. The van der Waals surface area contributed by atoms with Crippen LogP contribution in [0.25, 0.3) is 11.3 Å². The number of hydrogen-bond acceptors (Lipinski definition) is 3. The second kappa shape index (κ2) is 4.90. The fourth-order valence-electron chi connectivity index (χ4n) is 2.99. The maximum atomic E-state index is 5.83. The number of halogens is 1. The number of imidazole rings is 1. The third-order valence-electron chi connectivity index (χ3n) is 4.00. The molecule has 0 bridgehead atoms. The highest BCUT2D eigenvalue weighted by molar-refractivity contribution is 9.10. The molecule has 0 aliphatic carbocycles. The third kappa shape index (κ3) is 2.05. The summed E-state index contributed by atoms with van der Waals surface area (Å²) in [4.78, 5) is 8.36. The van der Waals surface area contributed by atoms with E-state index < -0.39 is 0 Å². The summed E-state index contributed by atoms with van der Waals surface area (Å²) in [5.41, 5.74) is 3.32. The first-order chi connectivity index (χ1) is 9.81. The van der Waals surface area contributed by atoms with Crippen LogP contribution in [0, 0.1) is 0 Å². The zero-order chi connectivity index (χ0) is 13.5. The van der Waals surface area contributed by atoms with E-state index in [-0.39, 0.29) is 0 Å². The number of aromatic nitrogens is 2. The van der Waals surface area contributed by atoms with E-state index in [2.05, 4.69) is 32.3 Å². The second-order valence-corrected chi connectivity index (χ2v) is 6.25. The molecule has 4 rings (SSSR count). The van der Waals surface area contributed by atoms with Crippen molar-refractivity contribution in [2.24, 2.45) is 0 Å². The van der Waals surface area contributed by atoms with Crippen LogP contribution in [-0.4, -0.2) is 23.1 Å². The Morgan fingerprint density at radius 2 is 2.30 bits per heavy atom. The standard InChI is InChI=1S/C15H16BrN3O/c16-9-3-4-10-13(8-9)20-7-5-11-14(10)19-15(18-11)12-2-1-6-17-12/h3-4,8,12,17H,1-2,5-7H2,(H,18,19)/t12-/m0/s1. The Bertz CT molecular complexity index is 647. The molecule has 1 atom stereocenters. The lowest BCUT2D eigenvalue weighted by Crippen LogP contribution is -2.14. The van der Waals surface area contributed by atoms with Crippen molar-refractivity contribution in [3.05, 3.63) is 34.2 Å². The number of rotatable bonds is 1. The van der Waals surface area contributed by atoms with Crippen molar-refractivity contribution in [3.63, 3.8) is 0 Å². The summed E-state index contributed by atoms with van der Waals surface area (Å²) < 4.78 is 6.86. The van der Waals surface area contributed by atoms with E-state index in [1.807, 2.05) is 12.1 Å². The van der Waals surface area contributed by atoms with Crippen molar-refractivity contribution in [1.29, 1.82) is 0 Å². The molecule has 1 aromatic carbocycles. The molecule has 0 spiro atoms. The number of benzene rings is 1. The van der Waals surface area contributed by atoms with E-state index in [4.69, 9.17) is 9.72 Å². The van der Waals surface area contributed by atoms with E-state index >= 15 is 0 Å². The average Bonchev–Trinajstić information content (AvgIpc) is 3.06. The van der Waals surface area contributed by atoms with Gasteiger partial charge in [-0.1, -0.05) is 15.9 Å². The molecule has 2 aromatic rings. The number of aromatic amines is 1. The van der Waals surface area contributed by atoms with Crippen LogP contribution >= 0.6 is 15.9 Å². The smallest absolute Gasteiger partial charge is 0.129 e. The largest absolute Gasteiger partial charge is 0.492 e. The van der Waals surface area contributed by atoms with Gasteiger partial charge in [0.15, 0.2) is 0 Å². The van der Waals surface area contributed by atoms with Crippen molar-refractivity contribution in [2.45, 2.75) is 25.3 Å². The first-order valence-corrected chi connectivity index (χ1v) is 7.85. The summed E-state index contributed by atoms with van der Waals surface area (Å²) in [6.45, 7) is 1.78. The summed E-state index contributed by atoms with van der Waals surface area (Å²) >= 11 is 3.50. The molecule has 4 nitrogen and oxygen atoms in total. The normalized spacial score (nSPS) is 20.9. The fourth-order valence-corrected chi connectivity index (χ4v) is 3.33. The van der Waals surface area contributed by atoms with Gasteiger partial charge in [0.1, 0.15) is 11.6 Å². The number of ether oxygens (including phenoxy) is 1. The lowest BCUT2D eigenvalue weighted by atomic mass is 10.1. The number of H-pyrrole nitrogens is 1. The zero-order valence-electron chi connectivity index (χ0n) is 11.1. The number of nitrogens with one attached hydrogen (secondary N) is 2. The van der Waals surface area contributed by atoms with Gasteiger partial charge in [0.25, 0.3) is 0 Å². The molecule has 5 heteroatoms. The molecule has 2 aliphatic rings. The predicted molar refractivity (Wildman–Crippen MR) is 80.9 cm³/mol. The monoisotopic (exact) mass is 333 g/mol. The van der Waals surface area contributed by atoms with Gasteiger partial charge in [-0.25, -0.2) is 4.98 Å². The Morgan fingerprint density at radius 1 is 1.35 bits per heavy atom. The molecule has 1 saturated heterocycles. The SMILES string of the molecule is Brc1ccc2c(c1)OCCc1[nH]c([C@@H]3CCCN3)nc1-2. The molecule has 2 N–H and O–H groups in total. The second-order valence-electron chi connectivity index (χ2n) is 5.34. The van der Waals surface area contributed by atoms with Crippen LogP contribution in [0.3, 0.4) is 0 Å². The highest BCUT2D eigenvalue weighted by Gasteiger charge is 2.24. The molecule has 0 amide bonds. The highest BCUT2D eigenvalue weighted by Crippen LogP contribution is 2.37. The van der Waals surface area contributed by atoms with Crippen molar-refractivity contribution in [3.8, 4) is 17.0 Å². The van der Waals surface area contributed by atoms with Crippen LogP contribution in [0.4, 0.5) is 0 Å². The molecule has 0 radical (unpaired) electrons. The summed E-state index contributed by atoms with van der Waals surface area (Å²) in [5.74, 6) is 1.99.